The fourth-order valence-electron chi connectivity index (χ4n) is 2.06. The van der Waals surface area contributed by atoms with Gasteiger partial charge >= 0.3 is 0 Å². The Morgan fingerprint density at radius 1 is 1.19 bits per heavy atom. The average molecular weight is 289 g/mol. The average Bonchev–Trinajstić information content (AvgIpc) is 2.98. The van der Waals surface area contributed by atoms with Crippen LogP contribution in [0.1, 0.15) is 11.3 Å². The van der Waals surface area contributed by atoms with E-state index in [0.717, 1.165) is 44.1 Å². The lowest BCUT2D eigenvalue weighted by Crippen LogP contribution is -2.18. The summed E-state index contributed by atoms with van der Waals surface area (Å²) in [6.07, 6.45) is 4.96. The summed E-state index contributed by atoms with van der Waals surface area (Å²) in [5.74, 6) is 0.894. The first-order valence-electron chi connectivity index (χ1n) is 7.15. The van der Waals surface area contributed by atoms with E-state index < -0.39 is 0 Å². The third-order valence-electron chi connectivity index (χ3n) is 3.29. The maximum Gasteiger partial charge on any atom is 0.118 e. The quantitative estimate of drug-likeness (QED) is 0.716. The molecule has 114 valence electrons. The van der Waals surface area contributed by atoms with Gasteiger partial charge in [0.1, 0.15) is 5.75 Å². The Labute approximate surface area is 125 Å². The highest BCUT2D eigenvalue weighted by Gasteiger charge is 2.00. The van der Waals surface area contributed by atoms with Gasteiger partial charge in [-0.2, -0.15) is 0 Å². The molecule has 5 nitrogen and oxygen atoms in total. The molecule has 0 bridgehead atoms. The van der Waals surface area contributed by atoms with Crippen LogP contribution in [0.5, 0.6) is 5.75 Å². The third-order valence-corrected chi connectivity index (χ3v) is 3.29. The molecule has 0 aliphatic carbocycles. The van der Waals surface area contributed by atoms with Crippen LogP contribution in [-0.4, -0.2) is 36.9 Å². The molecule has 0 radical (unpaired) electrons. The normalized spacial score (nSPS) is 10.8. The molecular formula is C16H23N3O2. The van der Waals surface area contributed by atoms with Crippen molar-refractivity contribution in [1.29, 1.82) is 0 Å². The predicted octanol–water partition coefficient (Wildman–Crippen LogP) is 1.87. The Bertz CT molecular complexity index is 523. The SMILES string of the molecule is COCCNCc1cn(CCc2ccc(OC)cc2)cn1. The maximum atomic E-state index is 5.16. The number of imidazole rings is 1. The molecule has 0 unspecified atom stereocenters. The van der Waals surface area contributed by atoms with Crippen LogP contribution in [-0.2, 0) is 24.2 Å². The van der Waals surface area contributed by atoms with Gasteiger partial charge in [0.05, 0.1) is 25.7 Å². The van der Waals surface area contributed by atoms with Crippen molar-refractivity contribution in [2.75, 3.05) is 27.4 Å². The maximum absolute atomic E-state index is 5.16. The Kier molecular flexibility index (Phi) is 6.24. The van der Waals surface area contributed by atoms with E-state index in [1.54, 1.807) is 14.2 Å². The summed E-state index contributed by atoms with van der Waals surface area (Å²) in [5.41, 5.74) is 2.35. The van der Waals surface area contributed by atoms with Crippen molar-refractivity contribution in [2.24, 2.45) is 0 Å². The first-order chi connectivity index (χ1) is 10.3. The van der Waals surface area contributed by atoms with Gasteiger partial charge in [0.15, 0.2) is 0 Å². The molecule has 2 rings (SSSR count). The summed E-state index contributed by atoms with van der Waals surface area (Å²) in [6, 6.07) is 8.19. The first kappa shape index (κ1) is 15.5. The van der Waals surface area contributed by atoms with Crippen LogP contribution in [0.15, 0.2) is 36.8 Å². The van der Waals surface area contributed by atoms with E-state index in [-0.39, 0.29) is 0 Å². The fourth-order valence-corrected chi connectivity index (χ4v) is 2.06. The van der Waals surface area contributed by atoms with E-state index in [1.165, 1.54) is 5.56 Å². The van der Waals surface area contributed by atoms with Crippen LogP contribution in [0.4, 0.5) is 0 Å². The second-order valence-corrected chi connectivity index (χ2v) is 4.87. The van der Waals surface area contributed by atoms with Gasteiger partial charge in [0, 0.05) is 32.9 Å². The first-order valence-corrected chi connectivity index (χ1v) is 7.15. The van der Waals surface area contributed by atoms with Crippen LogP contribution in [0.2, 0.25) is 0 Å². The fraction of sp³-hybridized carbons (Fsp3) is 0.438. The van der Waals surface area contributed by atoms with E-state index in [1.807, 2.05) is 18.5 Å². The molecule has 1 heterocycles. The molecule has 0 aliphatic rings. The molecule has 5 heteroatoms. The molecule has 0 atom stereocenters. The van der Waals surface area contributed by atoms with Crippen molar-refractivity contribution in [3.8, 4) is 5.75 Å². The molecule has 1 N–H and O–H groups in total. The number of hydrogen-bond donors (Lipinski definition) is 1. The van der Waals surface area contributed by atoms with Gasteiger partial charge in [-0.1, -0.05) is 12.1 Å². The van der Waals surface area contributed by atoms with Crippen LogP contribution in [0.25, 0.3) is 0 Å². The zero-order valence-electron chi connectivity index (χ0n) is 12.7. The zero-order chi connectivity index (χ0) is 14.9. The van der Waals surface area contributed by atoms with E-state index in [9.17, 15) is 0 Å². The van der Waals surface area contributed by atoms with E-state index >= 15 is 0 Å². The Morgan fingerprint density at radius 2 is 2.00 bits per heavy atom. The van der Waals surface area contributed by atoms with Crippen molar-refractivity contribution < 1.29 is 9.47 Å². The molecule has 1 aromatic heterocycles. The molecule has 0 saturated carbocycles. The molecule has 0 saturated heterocycles. The van der Waals surface area contributed by atoms with Gasteiger partial charge in [0.2, 0.25) is 0 Å². The van der Waals surface area contributed by atoms with Gasteiger partial charge in [-0.15, -0.1) is 0 Å². The highest BCUT2D eigenvalue weighted by molar-refractivity contribution is 5.27. The summed E-state index contributed by atoms with van der Waals surface area (Å²) in [7, 11) is 3.39. The summed E-state index contributed by atoms with van der Waals surface area (Å²) < 4.78 is 12.3. The summed E-state index contributed by atoms with van der Waals surface area (Å²) in [4.78, 5) is 4.39. The van der Waals surface area contributed by atoms with Crippen LogP contribution in [0, 0.1) is 0 Å². The monoisotopic (exact) mass is 289 g/mol. The van der Waals surface area contributed by atoms with E-state index in [4.69, 9.17) is 9.47 Å². The van der Waals surface area contributed by atoms with Gasteiger partial charge < -0.3 is 19.4 Å². The van der Waals surface area contributed by atoms with Crippen molar-refractivity contribution in [3.05, 3.63) is 48.0 Å². The summed E-state index contributed by atoms with van der Waals surface area (Å²) in [6.45, 7) is 3.27. The molecular weight excluding hydrogens is 266 g/mol. The zero-order valence-corrected chi connectivity index (χ0v) is 12.7. The largest absolute Gasteiger partial charge is 0.497 e. The molecule has 0 fully saturated rings. The number of aryl methyl sites for hydroxylation is 2. The number of benzene rings is 1. The molecule has 0 amide bonds. The van der Waals surface area contributed by atoms with E-state index in [2.05, 4.69) is 33.2 Å². The second kappa shape index (κ2) is 8.44. The Balaban J connectivity index is 1.76. The number of methoxy groups -OCH3 is 2. The molecule has 1 aromatic carbocycles. The predicted molar refractivity (Wildman–Crippen MR) is 82.5 cm³/mol. The number of nitrogens with one attached hydrogen (secondary N) is 1. The van der Waals surface area contributed by atoms with Crippen LogP contribution in [0.3, 0.4) is 0 Å². The molecule has 2 aromatic rings. The lowest BCUT2D eigenvalue weighted by atomic mass is 10.1. The van der Waals surface area contributed by atoms with Crippen molar-refractivity contribution in [2.45, 2.75) is 19.5 Å². The summed E-state index contributed by atoms with van der Waals surface area (Å²) >= 11 is 0. The minimum Gasteiger partial charge on any atom is -0.497 e. The van der Waals surface area contributed by atoms with Crippen LogP contribution >= 0.6 is 0 Å². The Hall–Kier alpha value is -1.85. The van der Waals surface area contributed by atoms with Gasteiger partial charge in [-0.25, -0.2) is 4.98 Å². The summed E-state index contributed by atoms with van der Waals surface area (Å²) in [5, 5.41) is 3.29. The minimum absolute atomic E-state index is 0.720. The highest BCUT2D eigenvalue weighted by Crippen LogP contribution is 2.12. The highest BCUT2D eigenvalue weighted by atomic mass is 16.5. The third kappa shape index (κ3) is 5.21. The smallest absolute Gasteiger partial charge is 0.118 e. The number of aromatic nitrogens is 2. The number of ether oxygens (including phenoxy) is 2. The second-order valence-electron chi connectivity index (χ2n) is 4.87. The van der Waals surface area contributed by atoms with Crippen LogP contribution < -0.4 is 10.1 Å². The molecule has 0 aliphatic heterocycles. The molecule has 21 heavy (non-hydrogen) atoms. The molecule has 0 spiro atoms. The van der Waals surface area contributed by atoms with Crippen molar-refractivity contribution in [3.63, 3.8) is 0 Å². The number of rotatable bonds is 9. The van der Waals surface area contributed by atoms with E-state index in [0.29, 0.717) is 0 Å². The van der Waals surface area contributed by atoms with Gasteiger partial charge in [-0.3, -0.25) is 0 Å². The standard InChI is InChI=1S/C16H23N3O2/c1-20-10-8-17-11-15-12-19(13-18-15)9-7-14-3-5-16(21-2)6-4-14/h3-6,12-13,17H,7-11H2,1-2H3. The van der Waals surface area contributed by atoms with Crippen molar-refractivity contribution in [1.82, 2.24) is 14.9 Å². The lowest BCUT2D eigenvalue weighted by molar-refractivity contribution is 0.199. The van der Waals surface area contributed by atoms with Crippen molar-refractivity contribution >= 4 is 0 Å². The van der Waals surface area contributed by atoms with Gasteiger partial charge in [-0.05, 0) is 24.1 Å². The topological polar surface area (TPSA) is 48.3 Å². The Morgan fingerprint density at radius 3 is 2.71 bits per heavy atom. The number of hydrogen-bond acceptors (Lipinski definition) is 4. The number of nitrogens with zero attached hydrogens (tertiary/aromatic N) is 2. The van der Waals surface area contributed by atoms with Gasteiger partial charge in [0.25, 0.3) is 0 Å². The lowest BCUT2D eigenvalue weighted by Gasteiger charge is -2.04. The minimum atomic E-state index is 0.720.